The van der Waals surface area contributed by atoms with Gasteiger partial charge in [0.05, 0.1) is 11.3 Å². The first-order valence-electron chi connectivity index (χ1n) is 6.54. The van der Waals surface area contributed by atoms with E-state index in [-0.39, 0.29) is 11.7 Å². The minimum atomic E-state index is -0.362. The van der Waals surface area contributed by atoms with Gasteiger partial charge in [-0.15, -0.1) is 0 Å². The number of unbranched alkanes of at least 4 members (excludes halogenated alkanes) is 2. The Morgan fingerprint density at radius 2 is 1.72 bits per heavy atom. The predicted molar refractivity (Wildman–Crippen MR) is 72.1 cm³/mol. The highest BCUT2D eigenvalue weighted by molar-refractivity contribution is 6.52. The van der Waals surface area contributed by atoms with Crippen LogP contribution in [0.1, 0.15) is 47.7 Å². The average Bonchev–Trinajstić information content (AvgIpc) is 2.60. The SMILES string of the molecule is CCCCCN1C(=O)C(=O)c2c(C)ccc(C)c21. The molecule has 3 nitrogen and oxygen atoms in total. The van der Waals surface area contributed by atoms with Gasteiger partial charge in [-0.3, -0.25) is 9.59 Å². The fourth-order valence-corrected chi connectivity index (χ4v) is 2.49. The maximum Gasteiger partial charge on any atom is 0.299 e. The second-order valence-corrected chi connectivity index (χ2v) is 4.92. The Morgan fingerprint density at radius 1 is 1.06 bits per heavy atom. The van der Waals surface area contributed by atoms with Crippen LogP contribution in [-0.4, -0.2) is 18.2 Å². The third-order valence-electron chi connectivity index (χ3n) is 3.51. The molecule has 1 aromatic carbocycles. The Labute approximate surface area is 108 Å². The van der Waals surface area contributed by atoms with Gasteiger partial charge < -0.3 is 4.90 Å². The largest absolute Gasteiger partial charge is 0.304 e. The van der Waals surface area contributed by atoms with E-state index in [4.69, 9.17) is 0 Å². The first-order chi connectivity index (χ1) is 8.57. The second-order valence-electron chi connectivity index (χ2n) is 4.92. The van der Waals surface area contributed by atoms with E-state index in [0.717, 1.165) is 36.1 Å². The molecule has 1 heterocycles. The quantitative estimate of drug-likeness (QED) is 0.604. The maximum absolute atomic E-state index is 12.0. The lowest BCUT2D eigenvalue weighted by Crippen LogP contribution is -2.31. The zero-order chi connectivity index (χ0) is 13.3. The van der Waals surface area contributed by atoms with Crippen molar-refractivity contribution in [2.75, 3.05) is 11.4 Å². The number of carbonyl (C=O) groups excluding carboxylic acids is 2. The first kappa shape index (κ1) is 12.8. The molecule has 0 aromatic heterocycles. The molecule has 0 radical (unpaired) electrons. The molecular weight excluding hydrogens is 226 g/mol. The van der Waals surface area contributed by atoms with E-state index in [1.807, 2.05) is 26.0 Å². The van der Waals surface area contributed by atoms with E-state index >= 15 is 0 Å². The topological polar surface area (TPSA) is 37.4 Å². The lowest BCUT2D eigenvalue weighted by molar-refractivity contribution is -0.114. The van der Waals surface area contributed by atoms with Crippen molar-refractivity contribution < 1.29 is 9.59 Å². The molecule has 0 fully saturated rings. The Bertz CT molecular complexity index is 505. The Kier molecular flexibility index (Phi) is 3.50. The van der Waals surface area contributed by atoms with Gasteiger partial charge in [-0.1, -0.05) is 31.9 Å². The van der Waals surface area contributed by atoms with Crippen LogP contribution < -0.4 is 4.90 Å². The monoisotopic (exact) mass is 245 g/mol. The smallest absolute Gasteiger partial charge is 0.299 e. The van der Waals surface area contributed by atoms with Crippen LogP contribution in [0.25, 0.3) is 0 Å². The van der Waals surface area contributed by atoms with Gasteiger partial charge in [-0.2, -0.15) is 0 Å². The Morgan fingerprint density at radius 3 is 2.39 bits per heavy atom. The Hall–Kier alpha value is -1.64. The summed E-state index contributed by atoms with van der Waals surface area (Å²) < 4.78 is 0. The number of aryl methyl sites for hydroxylation is 2. The van der Waals surface area contributed by atoms with Crippen LogP contribution >= 0.6 is 0 Å². The summed E-state index contributed by atoms with van der Waals surface area (Å²) in [5.41, 5.74) is 3.34. The summed E-state index contributed by atoms with van der Waals surface area (Å²) in [6.45, 7) is 6.62. The summed E-state index contributed by atoms with van der Waals surface area (Å²) in [6.07, 6.45) is 3.14. The van der Waals surface area contributed by atoms with Crippen molar-refractivity contribution >= 4 is 17.4 Å². The van der Waals surface area contributed by atoms with Gasteiger partial charge in [0.2, 0.25) is 0 Å². The molecular formula is C15H19NO2. The van der Waals surface area contributed by atoms with Crippen LogP contribution in [0, 0.1) is 13.8 Å². The second kappa shape index (κ2) is 4.92. The number of hydrogen-bond donors (Lipinski definition) is 0. The average molecular weight is 245 g/mol. The van der Waals surface area contributed by atoms with Crippen molar-refractivity contribution in [3.8, 4) is 0 Å². The van der Waals surface area contributed by atoms with Crippen molar-refractivity contribution in [2.24, 2.45) is 0 Å². The van der Waals surface area contributed by atoms with Gasteiger partial charge in [0, 0.05) is 6.54 Å². The standard InChI is InChI=1S/C15H19NO2/c1-4-5-6-9-16-13-11(3)8-7-10(2)12(13)14(17)15(16)18/h7-8H,4-6,9H2,1-3H3. The van der Waals surface area contributed by atoms with Crippen molar-refractivity contribution in [1.82, 2.24) is 0 Å². The highest BCUT2D eigenvalue weighted by Gasteiger charge is 2.37. The number of fused-ring (bicyclic) bond motifs is 1. The molecule has 18 heavy (non-hydrogen) atoms. The molecule has 2 rings (SSSR count). The summed E-state index contributed by atoms with van der Waals surface area (Å²) in [4.78, 5) is 25.7. The number of benzene rings is 1. The minimum Gasteiger partial charge on any atom is -0.304 e. The van der Waals surface area contributed by atoms with Crippen LogP contribution in [0.15, 0.2) is 12.1 Å². The third-order valence-corrected chi connectivity index (χ3v) is 3.51. The van der Waals surface area contributed by atoms with Gasteiger partial charge >= 0.3 is 0 Å². The molecule has 0 unspecified atom stereocenters. The zero-order valence-corrected chi connectivity index (χ0v) is 11.2. The van der Waals surface area contributed by atoms with Crippen molar-refractivity contribution in [3.05, 3.63) is 28.8 Å². The fraction of sp³-hybridized carbons (Fsp3) is 0.467. The lowest BCUT2D eigenvalue weighted by atomic mass is 10.0. The number of rotatable bonds is 4. The molecule has 1 aliphatic rings. The molecule has 96 valence electrons. The number of anilines is 1. The summed E-state index contributed by atoms with van der Waals surface area (Å²) in [6, 6.07) is 3.89. The molecule has 1 amide bonds. The number of hydrogen-bond acceptors (Lipinski definition) is 2. The van der Waals surface area contributed by atoms with E-state index in [1.165, 1.54) is 0 Å². The molecule has 0 saturated heterocycles. The fourth-order valence-electron chi connectivity index (χ4n) is 2.49. The molecule has 1 aromatic rings. The van der Waals surface area contributed by atoms with Gasteiger partial charge in [-0.25, -0.2) is 0 Å². The lowest BCUT2D eigenvalue weighted by Gasteiger charge is -2.18. The van der Waals surface area contributed by atoms with Crippen molar-refractivity contribution in [1.29, 1.82) is 0 Å². The van der Waals surface area contributed by atoms with E-state index < -0.39 is 0 Å². The Balaban J connectivity index is 2.39. The van der Waals surface area contributed by atoms with Gasteiger partial charge in [0.15, 0.2) is 0 Å². The molecule has 0 saturated carbocycles. The first-order valence-corrected chi connectivity index (χ1v) is 6.54. The van der Waals surface area contributed by atoms with Gasteiger partial charge in [-0.05, 0) is 31.4 Å². The molecule has 0 spiro atoms. The van der Waals surface area contributed by atoms with Crippen LogP contribution in [0.3, 0.4) is 0 Å². The normalized spacial score (nSPS) is 14.3. The van der Waals surface area contributed by atoms with E-state index in [1.54, 1.807) is 4.90 Å². The minimum absolute atomic E-state index is 0.345. The van der Waals surface area contributed by atoms with Crippen molar-refractivity contribution in [2.45, 2.75) is 40.0 Å². The summed E-state index contributed by atoms with van der Waals surface area (Å²) >= 11 is 0. The van der Waals surface area contributed by atoms with Crippen LogP contribution in [0.4, 0.5) is 5.69 Å². The van der Waals surface area contributed by atoms with Gasteiger partial charge in [0.1, 0.15) is 0 Å². The molecule has 0 atom stereocenters. The highest BCUT2D eigenvalue weighted by Crippen LogP contribution is 2.34. The number of amides is 1. The number of carbonyl (C=O) groups is 2. The molecule has 3 heteroatoms. The molecule has 0 aliphatic carbocycles. The van der Waals surface area contributed by atoms with Crippen LogP contribution in [-0.2, 0) is 4.79 Å². The summed E-state index contributed by atoms with van der Waals surface area (Å²) in [5.74, 6) is -0.707. The van der Waals surface area contributed by atoms with E-state index in [0.29, 0.717) is 12.1 Å². The van der Waals surface area contributed by atoms with Crippen LogP contribution in [0.2, 0.25) is 0 Å². The zero-order valence-electron chi connectivity index (χ0n) is 11.2. The molecule has 1 aliphatic heterocycles. The van der Waals surface area contributed by atoms with E-state index in [2.05, 4.69) is 6.92 Å². The van der Waals surface area contributed by atoms with Crippen molar-refractivity contribution in [3.63, 3.8) is 0 Å². The van der Waals surface area contributed by atoms with E-state index in [9.17, 15) is 9.59 Å². The van der Waals surface area contributed by atoms with Gasteiger partial charge in [0.25, 0.3) is 11.7 Å². The predicted octanol–water partition coefficient (Wildman–Crippen LogP) is 3.02. The summed E-state index contributed by atoms with van der Waals surface area (Å²) in [7, 11) is 0. The highest BCUT2D eigenvalue weighted by atomic mass is 16.2. The number of nitrogens with zero attached hydrogens (tertiary/aromatic N) is 1. The molecule has 0 N–H and O–H groups in total. The molecule has 0 bridgehead atoms. The maximum atomic E-state index is 12.0. The third kappa shape index (κ3) is 1.94. The summed E-state index contributed by atoms with van der Waals surface area (Å²) in [5, 5.41) is 0. The number of Topliss-reactive ketones (excluding diaryl/α,β-unsaturated/α-hetero) is 1. The number of ketones is 1. The van der Waals surface area contributed by atoms with Crippen LogP contribution in [0.5, 0.6) is 0 Å².